The Morgan fingerprint density at radius 3 is 2.54 bits per heavy atom. The molecule has 9 heteroatoms. The number of halogens is 3. The molecule has 3 aliphatic rings. The fraction of sp³-hybridized carbons (Fsp3) is 0.531. The Balaban J connectivity index is 1.38. The van der Waals surface area contributed by atoms with E-state index in [0.717, 1.165) is 57.0 Å². The minimum atomic E-state index is -4.77. The third kappa shape index (κ3) is 6.41. The molecule has 3 atom stereocenters. The lowest BCUT2D eigenvalue weighted by Gasteiger charge is -2.60. The van der Waals surface area contributed by atoms with Gasteiger partial charge < -0.3 is 24.0 Å². The number of nitrogens with zero attached hydrogens (tertiary/aromatic N) is 2. The molecule has 3 fully saturated rings. The predicted molar refractivity (Wildman–Crippen MR) is 151 cm³/mol. The molecule has 2 aromatic carbocycles. The van der Waals surface area contributed by atoms with Crippen molar-refractivity contribution in [1.82, 2.24) is 9.80 Å². The van der Waals surface area contributed by atoms with E-state index in [1.165, 1.54) is 48.8 Å². The molecule has 0 radical (unpaired) electrons. The lowest BCUT2D eigenvalue weighted by Crippen LogP contribution is -2.68. The lowest BCUT2D eigenvalue weighted by atomic mass is 9.55. The largest absolute Gasteiger partial charge is 0.573 e. The molecule has 222 valence electrons. The van der Waals surface area contributed by atoms with Crippen molar-refractivity contribution < 1.29 is 32.2 Å². The van der Waals surface area contributed by atoms with Gasteiger partial charge in [0.15, 0.2) is 0 Å². The molecule has 1 saturated heterocycles. The van der Waals surface area contributed by atoms with E-state index in [-0.39, 0.29) is 28.7 Å². The van der Waals surface area contributed by atoms with Crippen LogP contribution in [0.4, 0.5) is 13.2 Å². The van der Waals surface area contributed by atoms with Crippen LogP contribution in [0.25, 0.3) is 6.08 Å². The van der Waals surface area contributed by atoms with Gasteiger partial charge in [0.2, 0.25) is 5.91 Å². The summed E-state index contributed by atoms with van der Waals surface area (Å²) in [5.74, 6) is 1.07. The number of rotatable bonds is 9. The van der Waals surface area contributed by atoms with Crippen LogP contribution in [0.1, 0.15) is 49.7 Å². The molecular weight excluding hydrogens is 533 g/mol. The summed E-state index contributed by atoms with van der Waals surface area (Å²) in [7, 11) is 5.30. The van der Waals surface area contributed by atoms with Gasteiger partial charge in [-0.25, -0.2) is 0 Å². The quantitative estimate of drug-likeness (QED) is 0.342. The minimum absolute atomic E-state index is 0.0310. The highest BCUT2D eigenvalue weighted by Crippen LogP contribution is 2.54. The zero-order valence-electron chi connectivity index (χ0n) is 24.0. The normalized spacial score (nSPS) is 26.9. The van der Waals surface area contributed by atoms with E-state index in [0.29, 0.717) is 5.56 Å². The van der Waals surface area contributed by atoms with Crippen molar-refractivity contribution in [3.8, 4) is 11.5 Å². The van der Waals surface area contributed by atoms with Gasteiger partial charge in [0, 0.05) is 44.8 Å². The van der Waals surface area contributed by atoms with E-state index in [2.05, 4.69) is 21.8 Å². The van der Waals surface area contributed by atoms with Crippen molar-refractivity contribution in [2.45, 2.75) is 61.9 Å². The molecule has 2 saturated carbocycles. The number of alkyl halides is 3. The average Bonchev–Trinajstić information content (AvgIpc) is 3.78. The highest BCUT2D eigenvalue weighted by atomic mass is 19.4. The van der Waals surface area contributed by atoms with Gasteiger partial charge in [-0.3, -0.25) is 4.79 Å². The summed E-state index contributed by atoms with van der Waals surface area (Å²) in [5, 5.41) is 0. The monoisotopic (exact) mass is 572 g/mol. The van der Waals surface area contributed by atoms with Gasteiger partial charge >= 0.3 is 6.36 Å². The Hall–Kier alpha value is -3.04. The first-order chi connectivity index (χ1) is 19.6. The molecule has 3 unspecified atom stereocenters. The van der Waals surface area contributed by atoms with E-state index in [1.807, 2.05) is 26.3 Å². The molecule has 1 heterocycles. The summed E-state index contributed by atoms with van der Waals surface area (Å²) < 4.78 is 54.0. The zero-order valence-corrected chi connectivity index (χ0v) is 24.0. The molecule has 0 aromatic heterocycles. The Labute approximate surface area is 240 Å². The first kappa shape index (κ1) is 29.5. The van der Waals surface area contributed by atoms with E-state index in [9.17, 15) is 18.0 Å². The third-order valence-corrected chi connectivity index (χ3v) is 9.30. The molecule has 0 N–H and O–H groups in total. The molecule has 6 nitrogen and oxygen atoms in total. The van der Waals surface area contributed by atoms with E-state index in [1.54, 1.807) is 18.1 Å². The van der Waals surface area contributed by atoms with Crippen LogP contribution in [0.5, 0.6) is 11.5 Å². The van der Waals surface area contributed by atoms with Crippen LogP contribution < -0.4 is 9.47 Å². The molecule has 1 amide bonds. The van der Waals surface area contributed by atoms with Crippen LogP contribution in [-0.2, 0) is 14.9 Å². The molecule has 1 aliphatic heterocycles. The van der Waals surface area contributed by atoms with Gasteiger partial charge in [-0.05, 0) is 92.5 Å². The first-order valence-corrected chi connectivity index (χ1v) is 14.3. The van der Waals surface area contributed by atoms with E-state index in [4.69, 9.17) is 9.47 Å². The number of hydrogen-bond acceptors (Lipinski definition) is 5. The highest BCUT2D eigenvalue weighted by molar-refractivity contribution is 5.91. The van der Waals surface area contributed by atoms with E-state index < -0.39 is 6.36 Å². The zero-order chi connectivity index (χ0) is 29.3. The Kier molecular flexibility index (Phi) is 8.39. The topological polar surface area (TPSA) is 51.2 Å². The molecule has 0 bridgehead atoms. The SMILES string of the molecule is COc1cccc(C23CCN(CC4CC4)CC2(OC)CCC(N(C)C(=O)/C=C/c2cccc(OC(F)(F)F)c2)C3)c1. The maximum atomic E-state index is 13.3. The number of fused-ring (bicyclic) bond motifs is 1. The van der Waals surface area contributed by atoms with Crippen LogP contribution in [0.15, 0.2) is 54.6 Å². The first-order valence-electron chi connectivity index (χ1n) is 14.3. The minimum Gasteiger partial charge on any atom is -0.497 e. The van der Waals surface area contributed by atoms with Crippen molar-refractivity contribution in [1.29, 1.82) is 0 Å². The predicted octanol–water partition coefficient (Wildman–Crippen LogP) is 6.06. The van der Waals surface area contributed by atoms with Gasteiger partial charge in [0.1, 0.15) is 11.5 Å². The summed E-state index contributed by atoms with van der Waals surface area (Å²) >= 11 is 0. The smallest absolute Gasteiger partial charge is 0.497 e. The average molecular weight is 573 g/mol. The van der Waals surface area contributed by atoms with Crippen LogP contribution in [0.2, 0.25) is 0 Å². The van der Waals surface area contributed by atoms with Crippen LogP contribution in [0, 0.1) is 5.92 Å². The molecule has 0 spiro atoms. The maximum absolute atomic E-state index is 13.3. The van der Waals surface area contributed by atoms with Crippen LogP contribution >= 0.6 is 0 Å². The standard InChI is InChI=1S/C32H39F3N2O4/c1-36(29(38)13-12-23-6-4-9-28(18-23)41-32(33,34)35)26-14-15-31(40-3)22-37(21-24-10-11-24)17-16-30(31,20-26)25-7-5-8-27(19-25)39-2/h4-9,12-13,18-19,24,26H,10-11,14-17,20-22H2,1-3H3/b13-12+. The van der Waals surface area contributed by atoms with Crippen molar-refractivity contribution in [3.05, 3.63) is 65.7 Å². The van der Waals surface area contributed by atoms with Crippen LogP contribution in [0.3, 0.4) is 0 Å². The third-order valence-electron chi connectivity index (χ3n) is 9.30. The molecular formula is C32H39F3N2O4. The fourth-order valence-electron chi connectivity index (χ4n) is 6.92. The number of carbonyl (C=O) groups excluding carboxylic acids is 1. The molecule has 2 aromatic rings. The second-order valence-electron chi connectivity index (χ2n) is 11.7. The molecule has 5 rings (SSSR count). The summed E-state index contributed by atoms with van der Waals surface area (Å²) in [5.41, 5.74) is 0.932. The van der Waals surface area contributed by atoms with Gasteiger partial charge in [-0.1, -0.05) is 24.3 Å². The number of ether oxygens (including phenoxy) is 3. The van der Waals surface area contributed by atoms with Crippen molar-refractivity contribution in [3.63, 3.8) is 0 Å². The summed E-state index contributed by atoms with van der Waals surface area (Å²) in [4.78, 5) is 17.7. The Bertz CT molecular complexity index is 1260. The van der Waals surface area contributed by atoms with Crippen LogP contribution in [-0.4, -0.2) is 74.6 Å². The summed E-state index contributed by atoms with van der Waals surface area (Å²) in [6.45, 7) is 2.94. The van der Waals surface area contributed by atoms with Crippen molar-refractivity contribution in [2.24, 2.45) is 5.92 Å². The number of likely N-dealkylation sites (tertiary alicyclic amines) is 1. The number of likely N-dealkylation sites (N-methyl/N-ethyl adjacent to an activating group) is 1. The second kappa shape index (κ2) is 11.7. The second-order valence-corrected chi connectivity index (χ2v) is 11.7. The Morgan fingerprint density at radius 2 is 1.83 bits per heavy atom. The van der Waals surface area contributed by atoms with E-state index >= 15 is 0 Å². The number of amides is 1. The summed E-state index contributed by atoms with van der Waals surface area (Å²) in [6.07, 6.45) is 4.05. The number of benzene rings is 2. The van der Waals surface area contributed by atoms with Crippen molar-refractivity contribution >= 4 is 12.0 Å². The maximum Gasteiger partial charge on any atom is 0.573 e. The fourth-order valence-corrected chi connectivity index (χ4v) is 6.92. The van der Waals surface area contributed by atoms with Gasteiger partial charge in [0.05, 0.1) is 12.7 Å². The van der Waals surface area contributed by atoms with Crippen molar-refractivity contribution in [2.75, 3.05) is 40.9 Å². The lowest BCUT2D eigenvalue weighted by molar-refractivity contribution is -0.274. The number of carbonyl (C=O) groups is 1. The number of piperidine rings is 1. The van der Waals surface area contributed by atoms with Gasteiger partial charge in [-0.2, -0.15) is 0 Å². The molecule has 2 aliphatic carbocycles. The highest BCUT2D eigenvalue weighted by Gasteiger charge is 2.59. The number of hydrogen-bond donors (Lipinski definition) is 0. The number of methoxy groups -OCH3 is 2. The van der Waals surface area contributed by atoms with Gasteiger partial charge in [0.25, 0.3) is 0 Å². The Morgan fingerprint density at radius 1 is 1.07 bits per heavy atom. The molecule has 41 heavy (non-hydrogen) atoms. The van der Waals surface area contributed by atoms with Gasteiger partial charge in [-0.15, -0.1) is 13.2 Å². The summed E-state index contributed by atoms with van der Waals surface area (Å²) in [6, 6.07) is 13.8.